The number of nitrogens with zero attached hydrogens (tertiary/aromatic N) is 1. The molecule has 0 aromatic carbocycles. The Bertz CT molecular complexity index is 465. The van der Waals surface area contributed by atoms with Crippen LogP contribution in [0, 0.1) is 0 Å². The minimum atomic E-state index is -0.299. The number of nitrogens with one attached hydrogen (secondary N) is 1. The fourth-order valence-corrected chi connectivity index (χ4v) is 3.42. The van der Waals surface area contributed by atoms with Crippen LogP contribution in [0.3, 0.4) is 0 Å². The Morgan fingerprint density at radius 3 is 2.80 bits per heavy atom. The number of hydrogen-bond acceptors (Lipinski definition) is 5. The van der Waals surface area contributed by atoms with E-state index in [0.717, 1.165) is 12.4 Å². The zero-order valence-corrected chi connectivity index (χ0v) is 13.6. The molecule has 5 heteroatoms. The first-order valence-electron chi connectivity index (χ1n) is 7.11. The molecule has 0 saturated carbocycles. The van der Waals surface area contributed by atoms with E-state index in [0.29, 0.717) is 16.3 Å². The van der Waals surface area contributed by atoms with Crippen molar-refractivity contribution in [3.8, 4) is 5.88 Å². The molecule has 0 radical (unpaired) electrons. The second-order valence-electron chi connectivity index (χ2n) is 6.56. The zero-order valence-electron chi connectivity index (χ0n) is 12.8. The number of rotatable bonds is 4. The smallest absolute Gasteiger partial charge is 0.239 e. The fourth-order valence-electron chi connectivity index (χ4n) is 2.18. The number of pyridine rings is 1. The number of aromatic nitrogens is 1. The summed E-state index contributed by atoms with van der Waals surface area (Å²) in [6.45, 7) is 9.20. The van der Waals surface area contributed by atoms with Gasteiger partial charge in [-0.15, -0.1) is 0 Å². The van der Waals surface area contributed by atoms with Crippen LogP contribution in [0.5, 0.6) is 5.88 Å². The standard InChI is InChI=1S/C15H25N3OS/c1-14(2,3)19-13-11(16)6-7-12(18-13)17-10-15(4)8-5-9-20-15/h6-7H,5,8-10,16H2,1-4H3,(H,17,18). The molecule has 2 heterocycles. The highest BCUT2D eigenvalue weighted by molar-refractivity contribution is 8.00. The lowest BCUT2D eigenvalue weighted by Gasteiger charge is -2.24. The quantitative estimate of drug-likeness (QED) is 0.889. The van der Waals surface area contributed by atoms with Crippen LogP contribution >= 0.6 is 11.8 Å². The van der Waals surface area contributed by atoms with Crippen molar-refractivity contribution in [2.45, 2.75) is 50.9 Å². The fraction of sp³-hybridized carbons (Fsp3) is 0.667. The number of nitrogens with two attached hydrogens (primary N) is 1. The van der Waals surface area contributed by atoms with Gasteiger partial charge < -0.3 is 15.8 Å². The van der Waals surface area contributed by atoms with Gasteiger partial charge in [-0.25, -0.2) is 0 Å². The van der Waals surface area contributed by atoms with Gasteiger partial charge in [-0.1, -0.05) is 0 Å². The van der Waals surface area contributed by atoms with Gasteiger partial charge in [0.15, 0.2) is 0 Å². The van der Waals surface area contributed by atoms with Gasteiger partial charge in [-0.05, 0) is 58.4 Å². The third kappa shape index (κ3) is 4.20. The third-order valence-electron chi connectivity index (χ3n) is 3.24. The Kier molecular flexibility index (Phi) is 4.37. The van der Waals surface area contributed by atoms with Crippen LogP contribution in [0.25, 0.3) is 0 Å². The number of nitrogen functional groups attached to an aromatic ring is 1. The summed E-state index contributed by atoms with van der Waals surface area (Å²) < 4.78 is 6.10. The largest absolute Gasteiger partial charge is 0.470 e. The van der Waals surface area contributed by atoms with Crippen molar-refractivity contribution in [3.05, 3.63) is 12.1 Å². The van der Waals surface area contributed by atoms with Crippen LogP contribution in [-0.2, 0) is 0 Å². The van der Waals surface area contributed by atoms with Crippen LogP contribution in [0.2, 0.25) is 0 Å². The zero-order chi connectivity index (χ0) is 14.8. The summed E-state index contributed by atoms with van der Waals surface area (Å²) in [5.41, 5.74) is 6.20. The van der Waals surface area contributed by atoms with Crippen LogP contribution in [0.15, 0.2) is 12.1 Å². The van der Waals surface area contributed by atoms with Crippen molar-refractivity contribution in [2.75, 3.05) is 23.3 Å². The Hall–Kier alpha value is -1.10. The molecule has 0 spiro atoms. The van der Waals surface area contributed by atoms with Gasteiger partial charge in [0.25, 0.3) is 0 Å². The first-order chi connectivity index (χ1) is 9.27. The average molecular weight is 295 g/mol. The molecule has 4 nitrogen and oxygen atoms in total. The number of thioether (sulfide) groups is 1. The van der Waals surface area contributed by atoms with Crippen molar-refractivity contribution < 1.29 is 4.74 Å². The van der Waals surface area contributed by atoms with E-state index in [-0.39, 0.29) is 5.60 Å². The van der Waals surface area contributed by atoms with E-state index < -0.39 is 0 Å². The Morgan fingerprint density at radius 2 is 2.20 bits per heavy atom. The molecule has 1 saturated heterocycles. The maximum atomic E-state index is 5.92. The number of ether oxygens (including phenoxy) is 1. The van der Waals surface area contributed by atoms with E-state index in [1.807, 2.05) is 44.7 Å². The Labute approximate surface area is 125 Å². The van der Waals surface area contributed by atoms with E-state index in [4.69, 9.17) is 10.5 Å². The lowest BCUT2D eigenvalue weighted by atomic mass is 10.1. The topological polar surface area (TPSA) is 60.2 Å². The summed E-state index contributed by atoms with van der Waals surface area (Å²) in [6.07, 6.45) is 2.56. The van der Waals surface area contributed by atoms with E-state index in [1.165, 1.54) is 18.6 Å². The van der Waals surface area contributed by atoms with Crippen LogP contribution in [0.1, 0.15) is 40.5 Å². The molecule has 1 aromatic rings. The second kappa shape index (κ2) is 5.72. The van der Waals surface area contributed by atoms with Gasteiger partial charge in [0.1, 0.15) is 11.4 Å². The van der Waals surface area contributed by atoms with Gasteiger partial charge in [0.2, 0.25) is 5.88 Å². The van der Waals surface area contributed by atoms with Gasteiger partial charge >= 0.3 is 0 Å². The van der Waals surface area contributed by atoms with Gasteiger partial charge in [-0.2, -0.15) is 16.7 Å². The van der Waals surface area contributed by atoms with E-state index in [1.54, 1.807) is 0 Å². The molecular weight excluding hydrogens is 270 g/mol. The number of anilines is 2. The Morgan fingerprint density at radius 1 is 1.45 bits per heavy atom. The summed E-state index contributed by atoms with van der Waals surface area (Å²) in [5, 5.41) is 3.41. The maximum Gasteiger partial charge on any atom is 0.239 e. The number of hydrogen-bond donors (Lipinski definition) is 2. The highest BCUT2D eigenvalue weighted by Crippen LogP contribution is 2.37. The molecule has 0 aliphatic carbocycles. The lowest BCUT2D eigenvalue weighted by Crippen LogP contribution is -2.28. The predicted octanol–water partition coefficient (Wildman–Crippen LogP) is 3.54. The molecule has 3 N–H and O–H groups in total. The average Bonchev–Trinajstić information content (AvgIpc) is 2.76. The molecule has 1 fully saturated rings. The molecule has 0 amide bonds. The van der Waals surface area contributed by atoms with Crippen LogP contribution in [0.4, 0.5) is 11.5 Å². The van der Waals surface area contributed by atoms with Crippen LogP contribution < -0.4 is 15.8 Å². The third-order valence-corrected chi connectivity index (χ3v) is 4.77. The molecule has 1 atom stereocenters. The van der Waals surface area contributed by atoms with Crippen molar-refractivity contribution in [1.82, 2.24) is 4.98 Å². The molecular formula is C15H25N3OS. The molecule has 0 bridgehead atoms. The van der Waals surface area contributed by atoms with Crippen molar-refractivity contribution in [3.63, 3.8) is 0 Å². The molecule has 1 aliphatic heterocycles. The first-order valence-corrected chi connectivity index (χ1v) is 8.09. The molecule has 112 valence electrons. The monoisotopic (exact) mass is 295 g/mol. The van der Waals surface area contributed by atoms with Crippen molar-refractivity contribution in [1.29, 1.82) is 0 Å². The summed E-state index contributed by atoms with van der Waals surface area (Å²) in [6, 6.07) is 3.76. The highest BCUT2D eigenvalue weighted by Gasteiger charge is 2.29. The summed E-state index contributed by atoms with van der Waals surface area (Å²) in [4.78, 5) is 4.48. The second-order valence-corrected chi connectivity index (χ2v) is 8.24. The highest BCUT2D eigenvalue weighted by atomic mass is 32.2. The molecule has 1 unspecified atom stereocenters. The Balaban J connectivity index is 2.03. The van der Waals surface area contributed by atoms with Gasteiger partial charge in [-0.3, -0.25) is 0 Å². The molecule has 1 aromatic heterocycles. The molecule has 1 aliphatic rings. The maximum absolute atomic E-state index is 5.92. The van der Waals surface area contributed by atoms with E-state index in [9.17, 15) is 0 Å². The van der Waals surface area contributed by atoms with Crippen LogP contribution in [-0.4, -0.2) is 27.6 Å². The van der Waals surface area contributed by atoms with E-state index >= 15 is 0 Å². The SMILES string of the molecule is CC(C)(C)Oc1nc(NCC2(C)CCCS2)ccc1N. The van der Waals surface area contributed by atoms with E-state index in [2.05, 4.69) is 17.2 Å². The normalized spacial score (nSPS) is 22.8. The molecule has 20 heavy (non-hydrogen) atoms. The van der Waals surface area contributed by atoms with Crippen molar-refractivity contribution >= 4 is 23.3 Å². The van der Waals surface area contributed by atoms with Gasteiger partial charge in [0, 0.05) is 11.3 Å². The van der Waals surface area contributed by atoms with Crippen molar-refractivity contribution in [2.24, 2.45) is 0 Å². The summed E-state index contributed by atoms with van der Waals surface area (Å²) in [7, 11) is 0. The predicted molar refractivity (Wildman–Crippen MR) is 87.6 cm³/mol. The summed E-state index contributed by atoms with van der Waals surface area (Å²) >= 11 is 2.04. The minimum absolute atomic E-state index is 0.299. The molecule has 2 rings (SSSR count). The lowest BCUT2D eigenvalue weighted by molar-refractivity contribution is 0.125. The minimum Gasteiger partial charge on any atom is -0.470 e. The first kappa shape index (κ1) is 15.3. The van der Waals surface area contributed by atoms with Gasteiger partial charge in [0.05, 0.1) is 5.69 Å². The summed E-state index contributed by atoms with van der Waals surface area (Å²) in [5.74, 6) is 2.59.